The van der Waals surface area contributed by atoms with Crippen LogP contribution in [0.4, 0.5) is 0 Å². The second kappa shape index (κ2) is 6.46. The quantitative estimate of drug-likeness (QED) is 0.872. The highest BCUT2D eigenvalue weighted by molar-refractivity contribution is 5.83. The van der Waals surface area contributed by atoms with Crippen molar-refractivity contribution in [2.75, 3.05) is 19.6 Å². The van der Waals surface area contributed by atoms with Gasteiger partial charge in [-0.3, -0.25) is 9.59 Å². The fraction of sp³-hybridized carbons (Fsp3) is 0.733. The lowest BCUT2D eigenvalue weighted by molar-refractivity contribution is -0.134. The van der Waals surface area contributed by atoms with Gasteiger partial charge in [0.05, 0.1) is 6.54 Å². The number of carbonyl (C=O) groups excluding carboxylic acids is 2. The van der Waals surface area contributed by atoms with E-state index in [0.29, 0.717) is 24.3 Å². The molecule has 1 N–H and O–H groups in total. The Morgan fingerprint density at radius 1 is 1.36 bits per heavy atom. The Kier molecular flexibility index (Phi) is 4.40. The van der Waals surface area contributed by atoms with E-state index in [1.54, 1.807) is 0 Å². The number of rotatable bonds is 5. The van der Waals surface area contributed by atoms with Crippen LogP contribution in [0.1, 0.15) is 50.2 Å². The summed E-state index contributed by atoms with van der Waals surface area (Å²) in [6.07, 6.45) is 5.08. The van der Waals surface area contributed by atoms with Crippen LogP contribution < -0.4 is 5.32 Å². The van der Waals surface area contributed by atoms with Gasteiger partial charge in [0.2, 0.25) is 17.7 Å². The Morgan fingerprint density at radius 3 is 2.91 bits per heavy atom. The summed E-state index contributed by atoms with van der Waals surface area (Å²) in [7, 11) is 0. The predicted molar refractivity (Wildman–Crippen MR) is 78.0 cm³/mol. The summed E-state index contributed by atoms with van der Waals surface area (Å²) in [5.74, 6) is 2.17. The lowest BCUT2D eigenvalue weighted by Gasteiger charge is -2.32. The van der Waals surface area contributed by atoms with Gasteiger partial charge in [-0.25, -0.2) is 0 Å². The van der Waals surface area contributed by atoms with Crippen LogP contribution in [0.3, 0.4) is 0 Å². The van der Waals surface area contributed by atoms with Gasteiger partial charge in [0.1, 0.15) is 0 Å². The van der Waals surface area contributed by atoms with Crippen molar-refractivity contribution in [2.45, 2.75) is 44.9 Å². The van der Waals surface area contributed by atoms with Crippen LogP contribution in [0.15, 0.2) is 4.52 Å². The van der Waals surface area contributed by atoms with Gasteiger partial charge in [0.15, 0.2) is 5.82 Å². The number of likely N-dealkylation sites (tertiary alicyclic amines) is 1. The summed E-state index contributed by atoms with van der Waals surface area (Å²) in [6, 6.07) is 0. The lowest BCUT2D eigenvalue weighted by atomic mass is 9.94. The molecule has 1 aliphatic heterocycles. The van der Waals surface area contributed by atoms with Crippen molar-refractivity contribution in [1.82, 2.24) is 20.4 Å². The van der Waals surface area contributed by atoms with Gasteiger partial charge in [0.25, 0.3) is 0 Å². The van der Waals surface area contributed by atoms with Gasteiger partial charge in [-0.05, 0) is 31.6 Å². The second-order valence-corrected chi connectivity index (χ2v) is 6.28. The molecular weight excluding hydrogens is 284 g/mol. The number of hydrogen-bond donors (Lipinski definition) is 1. The number of amides is 2. The lowest BCUT2D eigenvalue weighted by Crippen LogP contribution is -2.45. The third-order valence-electron chi connectivity index (χ3n) is 4.25. The monoisotopic (exact) mass is 306 g/mol. The van der Waals surface area contributed by atoms with Crippen LogP contribution in [-0.2, 0) is 16.0 Å². The highest BCUT2D eigenvalue weighted by Crippen LogP contribution is 2.38. The molecule has 7 nitrogen and oxygen atoms in total. The predicted octanol–water partition coefficient (Wildman–Crippen LogP) is 0.864. The van der Waals surface area contributed by atoms with Crippen molar-refractivity contribution in [3.63, 3.8) is 0 Å². The van der Waals surface area contributed by atoms with Gasteiger partial charge in [-0.15, -0.1) is 0 Å². The summed E-state index contributed by atoms with van der Waals surface area (Å²) < 4.78 is 5.32. The van der Waals surface area contributed by atoms with E-state index in [4.69, 9.17) is 4.52 Å². The van der Waals surface area contributed by atoms with E-state index in [-0.39, 0.29) is 18.4 Å². The fourth-order valence-electron chi connectivity index (χ4n) is 2.88. The first-order chi connectivity index (χ1) is 10.6. The molecule has 0 bridgehead atoms. The Morgan fingerprint density at radius 2 is 2.18 bits per heavy atom. The van der Waals surface area contributed by atoms with Crippen LogP contribution in [0, 0.1) is 5.92 Å². The molecule has 1 saturated heterocycles. The van der Waals surface area contributed by atoms with E-state index in [9.17, 15) is 9.59 Å². The number of nitrogens with one attached hydrogen (secondary N) is 1. The Balaban J connectivity index is 1.51. The summed E-state index contributed by atoms with van der Waals surface area (Å²) in [5.41, 5.74) is 0. The fourth-order valence-corrected chi connectivity index (χ4v) is 2.88. The molecule has 120 valence electrons. The average Bonchev–Trinajstić information content (AvgIpc) is 3.25. The average molecular weight is 306 g/mol. The van der Waals surface area contributed by atoms with Gasteiger partial charge >= 0.3 is 0 Å². The Labute approximate surface area is 129 Å². The standard InChI is InChI=1S/C15H22N4O3/c1-10(20)16-8-14(21)19-6-2-3-11(9-19)7-13-17-15(18-22-13)12-4-5-12/h11-12H,2-9H2,1H3,(H,16,20). The maximum absolute atomic E-state index is 12.1. The normalized spacial score (nSPS) is 21.7. The molecule has 1 atom stereocenters. The molecule has 2 heterocycles. The summed E-state index contributed by atoms with van der Waals surface area (Å²) in [5, 5.41) is 6.59. The molecule has 0 radical (unpaired) electrons. The second-order valence-electron chi connectivity index (χ2n) is 6.28. The van der Waals surface area contributed by atoms with E-state index >= 15 is 0 Å². The van der Waals surface area contributed by atoms with E-state index in [2.05, 4.69) is 15.5 Å². The summed E-state index contributed by atoms with van der Waals surface area (Å²) in [4.78, 5) is 29.2. The van der Waals surface area contributed by atoms with Crippen molar-refractivity contribution in [1.29, 1.82) is 0 Å². The molecule has 1 aromatic heterocycles. The molecule has 2 fully saturated rings. The van der Waals surface area contributed by atoms with Crippen molar-refractivity contribution in [3.05, 3.63) is 11.7 Å². The molecular formula is C15H22N4O3. The van der Waals surface area contributed by atoms with Crippen LogP contribution in [-0.4, -0.2) is 46.5 Å². The summed E-state index contributed by atoms with van der Waals surface area (Å²) in [6.45, 7) is 2.94. The van der Waals surface area contributed by atoms with Crippen molar-refractivity contribution in [2.24, 2.45) is 5.92 Å². The molecule has 7 heteroatoms. The van der Waals surface area contributed by atoms with Crippen molar-refractivity contribution in [3.8, 4) is 0 Å². The highest BCUT2D eigenvalue weighted by Gasteiger charge is 2.30. The minimum absolute atomic E-state index is 0.0240. The first kappa shape index (κ1) is 15.0. The number of nitrogens with zero attached hydrogens (tertiary/aromatic N) is 3. The molecule has 22 heavy (non-hydrogen) atoms. The number of hydrogen-bond acceptors (Lipinski definition) is 5. The van der Waals surface area contributed by atoms with E-state index < -0.39 is 0 Å². The number of aromatic nitrogens is 2. The smallest absolute Gasteiger partial charge is 0.241 e. The molecule has 1 aliphatic carbocycles. The van der Waals surface area contributed by atoms with E-state index in [1.165, 1.54) is 6.92 Å². The first-order valence-corrected chi connectivity index (χ1v) is 7.96. The topological polar surface area (TPSA) is 88.3 Å². The van der Waals surface area contributed by atoms with Crippen LogP contribution in [0.2, 0.25) is 0 Å². The van der Waals surface area contributed by atoms with Gasteiger partial charge in [-0.1, -0.05) is 5.16 Å². The molecule has 1 unspecified atom stereocenters. The molecule has 1 saturated carbocycles. The maximum Gasteiger partial charge on any atom is 0.241 e. The largest absolute Gasteiger partial charge is 0.347 e. The maximum atomic E-state index is 12.1. The zero-order chi connectivity index (χ0) is 15.5. The van der Waals surface area contributed by atoms with Crippen molar-refractivity contribution < 1.29 is 14.1 Å². The van der Waals surface area contributed by atoms with E-state index in [1.807, 2.05) is 4.90 Å². The first-order valence-electron chi connectivity index (χ1n) is 7.96. The Hall–Kier alpha value is -1.92. The zero-order valence-corrected chi connectivity index (χ0v) is 12.9. The Bertz CT molecular complexity index is 553. The third kappa shape index (κ3) is 3.84. The van der Waals surface area contributed by atoms with Crippen molar-refractivity contribution >= 4 is 11.8 Å². The van der Waals surface area contributed by atoms with E-state index in [0.717, 1.165) is 44.5 Å². The molecule has 0 spiro atoms. The zero-order valence-electron chi connectivity index (χ0n) is 12.9. The third-order valence-corrected chi connectivity index (χ3v) is 4.25. The summed E-state index contributed by atoms with van der Waals surface area (Å²) >= 11 is 0. The van der Waals surface area contributed by atoms with Crippen LogP contribution in [0.25, 0.3) is 0 Å². The molecule has 2 amide bonds. The number of piperidine rings is 1. The van der Waals surface area contributed by atoms with Gasteiger partial charge in [0, 0.05) is 32.4 Å². The van der Waals surface area contributed by atoms with Gasteiger partial charge in [-0.2, -0.15) is 4.98 Å². The van der Waals surface area contributed by atoms with Crippen LogP contribution >= 0.6 is 0 Å². The SMILES string of the molecule is CC(=O)NCC(=O)N1CCCC(Cc2nc(C3CC3)no2)C1. The minimum Gasteiger partial charge on any atom is -0.347 e. The minimum atomic E-state index is -0.180. The van der Waals surface area contributed by atoms with Crippen LogP contribution in [0.5, 0.6) is 0 Å². The number of carbonyl (C=O) groups is 2. The van der Waals surface area contributed by atoms with Gasteiger partial charge < -0.3 is 14.7 Å². The molecule has 1 aromatic rings. The highest BCUT2D eigenvalue weighted by atomic mass is 16.5. The molecule has 0 aromatic carbocycles. The molecule has 2 aliphatic rings. The molecule has 3 rings (SSSR count).